The second-order valence-corrected chi connectivity index (χ2v) is 6.21. The van der Waals surface area contributed by atoms with Crippen molar-refractivity contribution in [2.75, 3.05) is 19.7 Å². The molecule has 0 radical (unpaired) electrons. The zero-order chi connectivity index (χ0) is 13.7. The van der Waals surface area contributed by atoms with Gasteiger partial charge in [-0.25, -0.2) is 0 Å². The average Bonchev–Trinajstić information content (AvgIpc) is 2.70. The van der Waals surface area contributed by atoms with Crippen LogP contribution in [0.5, 0.6) is 5.75 Å². The Labute approximate surface area is 117 Å². The van der Waals surface area contributed by atoms with E-state index in [0.717, 1.165) is 25.4 Å². The molecule has 0 saturated heterocycles. The van der Waals surface area contributed by atoms with Gasteiger partial charge in [0.1, 0.15) is 5.75 Å². The lowest BCUT2D eigenvalue weighted by Gasteiger charge is -2.15. The van der Waals surface area contributed by atoms with Crippen LogP contribution in [0.2, 0.25) is 0 Å². The van der Waals surface area contributed by atoms with Gasteiger partial charge in [-0.15, -0.1) is 0 Å². The molecule has 2 nitrogen and oxygen atoms in total. The summed E-state index contributed by atoms with van der Waals surface area (Å²) in [6.45, 7) is 9.83. The van der Waals surface area contributed by atoms with Gasteiger partial charge in [0, 0.05) is 11.0 Å². The monoisotopic (exact) mass is 261 g/mol. The van der Waals surface area contributed by atoms with Crippen molar-refractivity contribution in [3.8, 4) is 5.75 Å². The standard InChI is InChI=1S/C17H27NO/c1-4-10-18-11-6-5-7-14-8-9-16-15(12-14)17(2,3)13-19-16/h8-9,12,18H,4-7,10-11,13H2,1-3H3. The van der Waals surface area contributed by atoms with E-state index in [2.05, 4.69) is 44.3 Å². The normalized spacial score (nSPS) is 16.2. The van der Waals surface area contributed by atoms with Crippen LogP contribution in [0.1, 0.15) is 51.2 Å². The SMILES string of the molecule is CCCNCCCCc1ccc2c(c1)C(C)(C)CO2. The highest BCUT2D eigenvalue weighted by molar-refractivity contribution is 5.45. The van der Waals surface area contributed by atoms with Gasteiger partial charge in [0.25, 0.3) is 0 Å². The molecule has 1 N–H and O–H groups in total. The fraction of sp³-hybridized carbons (Fsp3) is 0.647. The zero-order valence-corrected chi connectivity index (χ0v) is 12.6. The molecule has 19 heavy (non-hydrogen) atoms. The highest BCUT2D eigenvalue weighted by Gasteiger charge is 2.31. The van der Waals surface area contributed by atoms with Crippen molar-refractivity contribution < 1.29 is 4.74 Å². The maximum absolute atomic E-state index is 5.73. The average molecular weight is 261 g/mol. The summed E-state index contributed by atoms with van der Waals surface area (Å²) in [5.41, 5.74) is 3.01. The first-order chi connectivity index (χ1) is 9.13. The molecule has 0 atom stereocenters. The Hall–Kier alpha value is -1.02. The van der Waals surface area contributed by atoms with Gasteiger partial charge in [0.15, 0.2) is 0 Å². The first kappa shape index (κ1) is 14.4. The van der Waals surface area contributed by atoms with Crippen LogP contribution in [0.4, 0.5) is 0 Å². The summed E-state index contributed by atoms with van der Waals surface area (Å²) in [4.78, 5) is 0. The summed E-state index contributed by atoms with van der Waals surface area (Å²) < 4.78 is 5.73. The van der Waals surface area contributed by atoms with Gasteiger partial charge in [-0.2, -0.15) is 0 Å². The number of unbranched alkanes of at least 4 members (excludes halogenated alkanes) is 1. The number of aryl methyl sites for hydroxylation is 1. The maximum Gasteiger partial charge on any atom is 0.123 e. The van der Waals surface area contributed by atoms with Gasteiger partial charge >= 0.3 is 0 Å². The van der Waals surface area contributed by atoms with Gasteiger partial charge in [0.05, 0.1) is 6.61 Å². The fourth-order valence-corrected chi connectivity index (χ4v) is 2.60. The smallest absolute Gasteiger partial charge is 0.123 e. The molecule has 0 bridgehead atoms. The molecular weight excluding hydrogens is 234 g/mol. The van der Waals surface area contributed by atoms with E-state index in [4.69, 9.17) is 4.74 Å². The Kier molecular flexibility index (Phi) is 4.87. The largest absolute Gasteiger partial charge is 0.492 e. The molecular formula is C17H27NO. The van der Waals surface area contributed by atoms with E-state index in [1.807, 2.05) is 0 Å². The van der Waals surface area contributed by atoms with Crippen molar-refractivity contribution in [1.82, 2.24) is 5.32 Å². The Morgan fingerprint density at radius 1 is 1.21 bits per heavy atom. The van der Waals surface area contributed by atoms with Crippen molar-refractivity contribution in [2.24, 2.45) is 0 Å². The highest BCUT2D eigenvalue weighted by Crippen LogP contribution is 2.38. The number of benzene rings is 1. The Bertz CT molecular complexity index is 412. The van der Waals surface area contributed by atoms with Crippen molar-refractivity contribution in [2.45, 2.75) is 51.9 Å². The number of rotatable bonds is 7. The molecule has 2 rings (SSSR count). The van der Waals surface area contributed by atoms with Crippen molar-refractivity contribution in [3.63, 3.8) is 0 Å². The lowest BCUT2D eigenvalue weighted by atomic mass is 9.86. The van der Waals surface area contributed by atoms with Gasteiger partial charge in [-0.05, 0) is 50.4 Å². The third kappa shape index (κ3) is 3.73. The third-order valence-electron chi connectivity index (χ3n) is 3.86. The molecule has 1 aliphatic heterocycles. The molecule has 0 spiro atoms. The molecule has 1 heterocycles. The topological polar surface area (TPSA) is 21.3 Å². The summed E-state index contributed by atoms with van der Waals surface area (Å²) in [5, 5.41) is 3.46. The lowest BCUT2D eigenvalue weighted by molar-refractivity contribution is 0.291. The minimum atomic E-state index is 0.175. The molecule has 0 aliphatic carbocycles. The second kappa shape index (κ2) is 6.42. The number of ether oxygens (including phenoxy) is 1. The van der Waals surface area contributed by atoms with E-state index < -0.39 is 0 Å². The fourth-order valence-electron chi connectivity index (χ4n) is 2.60. The van der Waals surface area contributed by atoms with Crippen LogP contribution in [0.25, 0.3) is 0 Å². The van der Waals surface area contributed by atoms with Crippen molar-refractivity contribution in [1.29, 1.82) is 0 Å². The minimum Gasteiger partial charge on any atom is -0.492 e. The quantitative estimate of drug-likeness (QED) is 0.756. The van der Waals surface area contributed by atoms with E-state index in [1.54, 1.807) is 0 Å². The van der Waals surface area contributed by atoms with E-state index >= 15 is 0 Å². The molecule has 1 aromatic carbocycles. The van der Waals surface area contributed by atoms with Gasteiger partial charge in [-0.1, -0.05) is 32.9 Å². The van der Waals surface area contributed by atoms with Crippen LogP contribution >= 0.6 is 0 Å². The van der Waals surface area contributed by atoms with Crippen molar-refractivity contribution >= 4 is 0 Å². The van der Waals surface area contributed by atoms with Crippen LogP contribution in [0.15, 0.2) is 18.2 Å². The number of fused-ring (bicyclic) bond motifs is 1. The Morgan fingerprint density at radius 3 is 2.84 bits per heavy atom. The zero-order valence-electron chi connectivity index (χ0n) is 12.6. The molecule has 0 aromatic heterocycles. The number of nitrogens with one attached hydrogen (secondary N) is 1. The molecule has 0 saturated carbocycles. The molecule has 1 aliphatic rings. The van der Waals surface area contributed by atoms with Gasteiger partial charge in [-0.3, -0.25) is 0 Å². The first-order valence-corrected chi connectivity index (χ1v) is 7.60. The predicted octanol–water partition coefficient (Wildman–Crippen LogP) is 3.68. The van der Waals surface area contributed by atoms with E-state index in [9.17, 15) is 0 Å². The van der Waals surface area contributed by atoms with Crippen LogP contribution in [-0.2, 0) is 11.8 Å². The molecule has 0 amide bonds. The first-order valence-electron chi connectivity index (χ1n) is 7.60. The number of hydrogen-bond acceptors (Lipinski definition) is 2. The summed E-state index contributed by atoms with van der Waals surface area (Å²) >= 11 is 0. The van der Waals surface area contributed by atoms with E-state index in [0.29, 0.717) is 0 Å². The third-order valence-corrected chi connectivity index (χ3v) is 3.86. The molecule has 0 unspecified atom stereocenters. The molecule has 106 valence electrons. The minimum absolute atomic E-state index is 0.175. The Morgan fingerprint density at radius 2 is 2.05 bits per heavy atom. The number of hydrogen-bond donors (Lipinski definition) is 1. The van der Waals surface area contributed by atoms with Crippen LogP contribution in [0.3, 0.4) is 0 Å². The predicted molar refractivity (Wildman–Crippen MR) is 81.1 cm³/mol. The molecule has 1 aromatic rings. The van der Waals surface area contributed by atoms with E-state index in [1.165, 1.54) is 36.8 Å². The van der Waals surface area contributed by atoms with Crippen LogP contribution < -0.4 is 10.1 Å². The van der Waals surface area contributed by atoms with Gasteiger partial charge in [0.2, 0.25) is 0 Å². The van der Waals surface area contributed by atoms with E-state index in [-0.39, 0.29) is 5.41 Å². The second-order valence-electron chi connectivity index (χ2n) is 6.21. The van der Waals surface area contributed by atoms with Crippen LogP contribution in [-0.4, -0.2) is 19.7 Å². The summed E-state index contributed by atoms with van der Waals surface area (Å²) in [5.74, 6) is 1.08. The molecule has 2 heteroatoms. The maximum atomic E-state index is 5.73. The van der Waals surface area contributed by atoms with Crippen molar-refractivity contribution in [3.05, 3.63) is 29.3 Å². The van der Waals surface area contributed by atoms with Gasteiger partial charge < -0.3 is 10.1 Å². The van der Waals surface area contributed by atoms with Crippen LogP contribution in [0, 0.1) is 0 Å². The highest BCUT2D eigenvalue weighted by atomic mass is 16.5. The summed E-state index contributed by atoms with van der Waals surface area (Å²) in [6, 6.07) is 6.72. The lowest BCUT2D eigenvalue weighted by Crippen LogP contribution is -2.18. The summed E-state index contributed by atoms with van der Waals surface area (Å²) in [6.07, 6.45) is 4.92. The molecule has 0 fully saturated rings. The Balaban J connectivity index is 1.82. The summed E-state index contributed by atoms with van der Waals surface area (Å²) in [7, 11) is 0.